The average molecular weight is 231 g/mol. The first-order valence-corrected chi connectivity index (χ1v) is 6.64. The Kier molecular flexibility index (Phi) is 2.62. The van der Waals surface area contributed by atoms with Crippen molar-refractivity contribution in [3.63, 3.8) is 0 Å². The standard InChI is InChI=1S/C15H21NO/c1-15(2)8-12-4-3-5-13(14(12)17-15)10-16-9-11-6-7-11/h3-5,11,16H,6-10H2,1-2H3. The van der Waals surface area contributed by atoms with E-state index in [-0.39, 0.29) is 5.60 Å². The molecule has 1 aliphatic heterocycles. The molecule has 1 aromatic rings. The fraction of sp³-hybridized carbons (Fsp3) is 0.600. The first kappa shape index (κ1) is 11.1. The van der Waals surface area contributed by atoms with Crippen molar-refractivity contribution in [1.29, 1.82) is 0 Å². The Morgan fingerprint density at radius 1 is 1.35 bits per heavy atom. The molecule has 1 N–H and O–H groups in total. The van der Waals surface area contributed by atoms with Crippen LogP contribution in [0.15, 0.2) is 18.2 Å². The molecular formula is C15H21NO. The van der Waals surface area contributed by atoms with E-state index >= 15 is 0 Å². The van der Waals surface area contributed by atoms with Crippen molar-refractivity contribution in [2.75, 3.05) is 6.54 Å². The van der Waals surface area contributed by atoms with Crippen molar-refractivity contribution >= 4 is 0 Å². The Morgan fingerprint density at radius 2 is 2.18 bits per heavy atom. The lowest BCUT2D eigenvalue weighted by Crippen LogP contribution is -2.25. The van der Waals surface area contributed by atoms with E-state index in [0.29, 0.717) is 0 Å². The Labute approximate surface area is 103 Å². The molecule has 1 saturated carbocycles. The van der Waals surface area contributed by atoms with E-state index in [1.165, 1.54) is 24.0 Å². The Hall–Kier alpha value is -1.02. The molecule has 0 unspecified atom stereocenters. The van der Waals surface area contributed by atoms with Crippen LogP contribution in [0.5, 0.6) is 5.75 Å². The van der Waals surface area contributed by atoms with Gasteiger partial charge < -0.3 is 10.1 Å². The molecule has 0 atom stereocenters. The molecule has 2 nitrogen and oxygen atoms in total. The topological polar surface area (TPSA) is 21.3 Å². The minimum atomic E-state index is -0.0328. The highest BCUT2D eigenvalue weighted by molar-refractivity contribution is 5.45. The maximum Gasteiger partial charge on any atom is 0.127 e. The van der Waals surface area contributed by atoms with E-state index < -0.39 is 0 Å². The molecule has 0 amide bonds. The second-order valence-corrected chi connectivity index (χ2v) is 6.02. The van der Waals surface area contributed by atoms with Gasteiger partial charge in [0, 0.05) is 18.5 Å². The van der Waals surface area contributed by atoms with Gasteiger partial charge in [0.2, 0.25) is 0 Å². The summed E-state index contributed by atoms with van der Waals surface area (Å²) in [5.41, 5.74) is 2.64. The van der Waals surface area contributed by atoms with Gasteiger partial charge in [0.15, 0.2) is 0 Å². The van der Waals surface area contributed by atoms with E-state index in [0.717, 1.165) is 31.2 Å². The predicted octanol–water partition coefficient (Wildman–Crippen LogP) is 2.90. The molecule has 3 rings (SSSR count). The summed E-state index contributed by atoms with van der Waals surface area (Å²) in [6, 6.07) is 6.52. The number of fused-ring (bicyclic) bond motifs is 1. The summed E-state index contributed by atoms with van der Waals surface area (Å²) in [4.78, 5) is 0. The molecule has 0 radical (unpaired) electrons. The van der Waals surface area contributed by atoms with E-state index in [1.807, 2.05) is 0 Å². The van der Waals surface area contributed by atoms with E-state index in [4.69, 9.17) is 4.74 Å². The molecule has 2 heteroatoms. The van der Waals surface area contributed by atoms with Gasteiger partial charge >= 0.3 is 0 Å². The Morgan fingerprint density at radius 3 is 2.94 bits per heavy atom. The molecule has 92 valence electrons. The van der Waals surface area contributed by atoms with Gasteiger partial charge in [-0.25, -0.2) is 0 Å². The van der Waals surface area contributed by atoms with Gasteiger partial charge in [-0.15, -0.1) is 0 Å². The minimum Gasteiger partial charge on any atom is -0.487 e. The molecular weight excluding hydrogens is 210 g/mol. The molecule has 17 heavy (non-hydrogen) atoms. The highest BCUT2D eigenvalue weighted by Gasteiger charge is 2.31. The second kappa shape index (κ2) is 4.02. The lowest BCUT2D eigenvalue weighted by atomic mass is 10.0. The lowest BCUT2D eigenvalue weighted by Gasteiger charge is -2.18. The van der Waals surface area contributed by atoms with Gasteiger partial charge in [-0.05, 0) is 44.7 Å². The number of hydrogen-bond acceptors (Lipinski definition) is 2. The first-order valence-electron chi connectivity index (χ1n) is 6.64. The lowest BCUT2D eigenvalue weighted by molar-refractivity contribution is 0.137. The quantitative estimate of drug-likeness (QED) is 0.860. The number of rotatable bonds is 4. The minimum absolute atomic E-state index is 0.0328. The van der Waals surface area contributed by atoms with Crippen LogP contribution in [0.4, 0.5) is 0 Å². The number of ether oxygens (including phenoxy) is 1. The normalized spacial score (nSPS) is 21.1. The maximum absolute atomic E-state index is 6.06. The van der Waals surface area contributed by atoms with E-state index in [2.05, 4.69) is 37.4 Å². The van der Waals surface area contributed by atoms with Crippen LogP contribution in [0.3, 0.4) is 0 Å². The van der Waals surface area contributed by atoms with Gasteiger partial charge in [0.05, 0.1) is 0 Å². The van der Waals surface area contributed by atoms with Crippen LogP contribution in [-0.2, 0) is 13.0 Å². The summed E-state index contributed by atoms with van der Waals surface area (Å²) in [7, 11) is 0. The largest absolute Gasteiger partial charge is 0.487 e. The number of benzene rings is 1. The van der Waals surface area contributed by atoms with Crippen LogP contribution in [0.2, 0.25) is 0 Å². The second-order valence-electron chi connectivity index (χ2n) is 6.02. The Balaban J connectivity index is 1.70. The molecule has 0 spiro atoms. The zero-order valence-electron chi connectivity index (χ0n) is 10.8. The highest BCUT2D eigenvalue weighted by Crippen LogP contribution is 2.37. The summed E-state index contributed by atoms with van der Waals surface area (Å²) < 4.78 is 6.06. The third-order valence-corrected chi connectivity index (χ3v) is 3.62. The fourth-order valence-electron chi connectivity index (χ4n) is 2.55. The summed E-state index contributed by atoms with van der Waals surface area (Å²) in [5.74, 6) is 2.06. The predicted molar refractivity (Wildman–Crippen MR) is 69.3 cm³/mol. The van der Waals surface area contributed by atoms with Crippen LogP contribution in [0.25, 0.3) is 0 Å². The molecule has 1 heterocycles. The summed E-state index contributed by atoms with van der Waals surface area (Å²) in [6.07, 6.45) is 3.84. The van der Waals surface area contributed by atoms with Gasteiger partial charge in [-0.1, -0.05) is 18.2 Å². The van der Waals surface area contributed by atoms with Crippen molar-refractivity contribution in [1.82, 2.24) is 5.32 Å². The highest BCUT2D eigenvalue weighted by atomic mass is 16.5. The van der Waals surface area contributed by atoms with E-state index in [1.54, 1.807) is 0 Å². The van der Waals surface area contributed by atoms with Crippen molar-refractivity contribution in [2.24, 2.45) is 5.92 Å². The van der Waals surface area contributed by atoms with Crippen LogP contribution in [-0.4, -0.2) is 12.1 Å². The summed E-state index contributed by atoms with van der Waals surface area (Å²) in [5, 5.41) is 3.54. The molecule has 1 fully saturated rings. The monoisotopic (exact) mass is 231 g/mol. The molecule has 0 saturated heterocycles. The summed E-state index contributed by atoms with van der Waals surface area (Å²) >= 11 is 0. The third kappa shape index (κ3) is 2.47. The van der Waals surface area contributed by atoms with E-state index in [9.17, 15) is 0 Å². The van der Waals surface area contributed by atoms with Gasteiger partial charge in [0.25, 0.3) is 0 Å². The maximum atomic E-state index is 6.06. The van der Waals surface area contributed by atoms with Crippen molar-refractivity contribution in [3.05, 3.63) is 29.3 Å². The van der Waals surface area contributed by atoms with Crippen molar-refractivity contribution in [2.45, 2.75) is 45.3 Å². The molecule has 1 aromatic carbocycles. The number of nitrogens with one attached hydrogen (secondary N) is 1. The van der Waals surface area contributed by atoms with Crippen LogP contribution in [0.1, 0.15) is 37.8 Å². The SMILES string of the molecule is CC1(C)Cc2cccc(CNCC3CC3)c2O1. The van der Waals surface area contributed by atoms with Gasteiger partial charge in [0.1, 0.15) is 11.4 Å². The number of para-hydroxylation sites is 1. The average Bonchev–Trinajstić information content (AvgIpc) is 3.00. The number of hydrogen-bond donors (Lipinski definition) is 1. The zero-order chi connectivity index (χ0) is 11.9. The van der Waals surface area contributed by atoms with Crippen LogP contribution >= 0.6 is 0 Å². The van der Waals surface area contributed by atoms with Crippen LogP contribution < -0.4 is 10.1 Å². The molecule has 0 aromatic heterocycles. The zero-order valence-corrected chi connectivity index (χ0v) is 10.8. The fourth-order valence-corrected chi connectivity index (χ4v) is 2.55. The van der Waals surface area contributed by atoms with Crippen LogP contribution in [0, 0.1) is 5.92 Å². The van der Waals surface area contributed by atoms with Gasteiger partial charge in [-0.2, -0.15) is 0 Å². The molecule has 0 bridgehead atoms. The Bertz CT molecular complexity index is 421. The third-order valence-electron chi connectivity index (χ3n) is 3.62. The summed E-state index contributed by atoms with van der Waals surface area (Å²) in [6.45, 7) is 6.42. The first-order chi connectivity index (χ1) is 8.14. The molecule has 2 aliphatic rings. The van der Waals surface area contributed by atoms with Gasteiger partial charge in [-0.3, -0.25) is 0 Å². The smallest absolute Gasteiger partial charge is 0.127 e. The molecule has 1 aliphatic carbocycles. The van der Waals surface area contributed by atoms with Crippen molar-refractivity contribution < 1.29 is 4.74 Å². The van der Waals surface area contributed by atoms with Crippen molar-refractivity contribution in [3.8, 4) is 5.75 Å².